The van der Waals surface area contributed by atoms with Crippen LogP contribution in [0.25, 0.3) is 0 Å². The minimum absolute atomic E-state index is 0.0456. The van der Waals surface area contributed by atoms with Crippen LogP contribution in [0, 0.1) is 11.8 Å². The van der Waals surface area contributed by atoms with Crippen molar-refractivity contribution in [1.29, 1.82) is 0 Å². The summed E-state index contributed by atoms with van der Waals surface area (Å²) < 4.78 is 5.30. The van der Waals surface area contributed by atoms with Gasteiger partial charge in [-0.25, -0.2) is 0 Å². The van der Waals surface area contributed by atoms with Crippen molar-refractivity contribution in [1.82, 2.24) is 0 Å². The van der Waals surface area contributed by atoms with Crippen LogP contribution in [-0.2, 0) is 25.7 Å². The molecule has 0 aromatic heterocycles. The predicted molar refractivity (Wildman–Crippen MR) is 73.0 cm³/mol. The molecular weight excluding hydrogens is 256 g/mol. The maximum atomic E-state index is 11.9. The molecule has 0 atom stereocenters. The molecule has 1 aromatic carbocycles. The summed E-state index contributed by atoms with van der Waals surface area (Å²) in [5.74, 6) is -1.99. The van der Waals surface area contributed by atoms with E-state index in [1.54, 1.807) is 0 Å². The second kappa shape index (κ2) is 6.57. The second-order valence-corrected chi connectivity index (χ2v) is 5.32. The van der Waals surface area contributed by atoms with Crippen LogP contribution in [0.5, 0.6) is 0 Å². The number of carbonyl (C=O) groups excluding carboxylic acids is 3. The summed E-state index contributed by atoms with van der Waals surface area (Å²) in [4.78, 5) is 35.5. The fourth-order valence-electron chi connectivity index (χ4n) is 2.46. The summed E-state index contributed by atoms with van der Waals surface area (Å²) in [5.41, 5.74) is 0.954. The van der Waals surface area contributed by atoms with Crippen molar-refractivity contribution in [3.8, 4) is 0 Å². The van der Waals surface area contributed by atoms with E-state index in [0.717, 1.165) is 5.56 Å². The van der Waals surface area contributed by atoms with Crippen LogP contribution < -0.4 is 0 Å². The van der Waals surface area contributed by atoms with Gasteiger partial charge >= 0.3 is 0 Å². The lowest BCUT2D eigenvalue weighted by Gasteiger charge is -2.22. The zero-order valence-electron chi connectivity index (χ0n) is 11.5. The minimum atomic E-state index is -1.10. The van der Waals surface area contributed by atoms with E-state index in [4.69, 9.17) is 4.74 Å². The molecule has 2 rings (SSSR count). The van der Waals surface area contributed by atoms with Crippen molar-refractivity contribution < 1.29 is 19.1 Å². The first kappa shape index (κ1) is 14.6. The number of carbonyl (C=O) groups is 3. The molecule has 0 heterocycles. The Morgan fingerprint density at radius 2 is 1.75 bits per heavy atom. The third-order valence-corrected chi connectivity index (χ3v) is 3.42. The number of Topliss-reactive ketones (excluding diaryl/α,β-unsaturated/α-hetero) is 3. The zero-order chi connectivity index (χ0) is 14.5. The molecule has 0 unspecified atom stereocenters. The highest BCUT2D eigenvalue weighted by Crippen LogP contribution is 2.23. The molecule has 1 aliphatic carbocycles. The highest BCUT2D eigenvalue weighted by molar-refractivity contribution is 6.20. The molecule has 1 aliphatic rings. The van der Waals surface area contributed by atoms with Gasteiger partial charge in [-0.1, -0.05) is 37.3 Å². The number of hydrogen-bond acceptors (Lipinski definition) is 4. The van der Waals surface area contributed by atoms with Crippen LogP contribution in [-0.4, -0.2) is 24.0 Å². The Hall–Kier alpha value is -1.81. The molecule has 20 heavy (non-hydrogen) atoms. The number of benzene rings is 1. The van der Waals surface area contributed by atoms with Gasteiger partial charge in [0.1, 0.15) is 12.5 Å². The summed E-state index contributed by atoms with van der Waals surface area (Å²) in [5, 5.41) is 0. The van der Waals surface area contributed by atoms with Gasteiger partial charge in [-0.3, -0.25) is 14.4 Å². The molecule has 1 fully saturated rings. The highest BCUT2D eigenvalue weighted by atomic mass is 16.5. The molecule has 0 aliphatic heterocycles. The Morgan fingerprint density at radius 1 is 1.15 bits per heavy atom. The molecule has 0 spiro atoms. The van der Waals surface area contributed by atoms with Crippen molar-refractivity contribution in [2.45, 2.75) is 26.4 Å². The van der Waals surface area contributed by atoms with Crippen LogP contribution in [0.4, 0.5) is 0 Å². The number of rotatable bonds is 5. The largest absolute Gasteiger partial charge is 0.369 e. The lowest BCUT2D eigenvalue weighted by Crippen LogP contribution is -2.39. The van der Waals surface area contributed by atoms with Crippen LogP contribution in [0.15, 0.2) is 30.3 Å². The smallest absolute Gasteiger partial charge is 0.176 e. The Balaban J connectivity index is 1.85. The molecule has 0 radical (unpaired) electrons. The third kappa shape index (κ3) is 3.61. The van der Waals surface area contributed by atoms with Gasteiger partial charge in [0.15, 0.2) is 17.3 Å². The highest BCUT2D eigenvalue weighted by Gasteiger charge is 2.38. The first-order chi connectivity index (χ1) is 9.58. The Labute approximate surface area is 118 Å². The van der Waals surface area contributed by atoms with Gasteiger partial charge in [-0.2, -0.15) is 0 Å². The van der Waals surface area contributed by atoms with Crippen LogP contribution in [0.1, 0.15) is 25.3 Å². The fourth-order valence-corrected chi connectivity index (χ4v) is 2.46. The number of ketones is 3. The lowest BCUT2D eigenvalue weighted by atomic mass is 9.79. The summed E-state index contributed by atoms with van der Waals surface area (Å²) >= 11 is 0. The monoisotopic (exact) mass is 274 g/mol. The van der Waals surface area contributed by atoms with Crippen molar-refractivity contribution in [3.63, 3.8) is 0 Å². The summed E-state index contributed by atoms with van der Waals surface area (Å²) in [6, 6.07) is 9.45. The molecule has 0 amide bonds. The molecule has 0 N–H and O–H groups in total. The van der Waals surface area contributed by atoms with Crippen LogP contribution >= 0.6 is 0 Å². The third-order valence-electron chi connectivity index (χ3n) is 3.42. The van der Waals surface area contributed by atoms with E-state index in [2.05, 4.69) is 0 Å². The first-order valence-corrected chi connectivity index (χ1v) is 6.77. The van der Waals surface area contributed by atoms with Crippen molar-refractivity contribution in [3.05, 3.63) is 35.9 Å². The maximum absolute atomic E-state index is 11.9. The van der Waals surface area contributed by atoms with Gasteiger partial charge < -0.3 is 4.74 Å². The Kier molecular flexibility index (Phi) is 4.79. The Morgan fingerprint density at radius 3 is 2.35 bits per heavy atom. The SMILES string of the molecule is CC1CC(=O)C(C(=O)COCc2ccccc2)C(=O)C1. The van der Waals surface area contributed by atoms with Gasteiger partial charge in [0.25, 0.3) is 0 Å². The van der Waals surface area contributed by atoms with E-state index < -0.39 is 11.7 Å². The normalized spacial score (nSPS) is 22.9. The average molecular weight is 274 g/mol. The molecule has 106 valence electrons. The second-order valence-electron chi connectivity index (χ2n) is 5.32. The molecular formula is C16H18O4. The van der Waals surface area contributed by atoms with E-state index in [1.807, 2.05) is 37.3 Å². The van der Waals surface area contributed by atoms with E-state index in [0.29, 0.717) is 19.4 Å². The fraction of sp³-hybridized carbons (Fsp3) is 0.438. The molecule has 0 bridgehead atoms. The summed E-state index contributed by atoms with van der Waals surface area (Å²) in [7, 11) is 0. The molecule has 0 saturated heterocycles. The topological polar surface area (TPSA) is 60.4 Å². The molecule has 4 heteroatoms. The van der Waals surface area contributed by atoms with E-state index >= 15 is 0 Å². The van der Waals surface area contributed by atoms with Crippen molar-refractivity contribution in [2.24, 2.45) is 11.8 Å². The quantitative estimate of drug-likeness (QED) is 0.770. The van der Waals surface area contributed by atoms with Crippen LogP contribution in [0.2, 0.25) is 0 Å². The van der Waals surface area contributed by atoms with Gasteiger partial charge in [0, 0.05) is 12.8 Å². The van der Waals surface area contributed by atoms with Crippen molar-refractivity contribution in [2.75, 3.05) is 6.61 Å². The predicted octanol–water partition coefficient (Wildman–Crippen LogP) is 1.96. The summed E-state index contributed by atoms with van der Waals surface area (Å²) in [6.45, 7) is 1.96. The molecule has 1 aromatic rings. The van der Waals surface area contributed by atoms with Gasteiger partial charge in [-0.15, -0.1) is 0 Å². The average Bonchev–Trinajstić information content (AvgIpc) is 2.38. The standard InChI is InChI=1S/C16H18O4/c1-11-7-13(17)16(14(18)8-11)15(19)10-20-9-12-5-3-2-4-6-12/h2-6,11,16H,7-10H2,1H3. The Bertz CT molecular complexity index is 488. The number of ether oxygens (including phenoxy) is 1. The number of hydrogen-bond donors (Lipinski definition) is 0. The van der Waals surface area contributed by atoms with Gasteiger partial charge in [0.05, 0.1) is 6.61 Å². The van der Waals surface area contributed by atoms with Gasteiger partial charge in [0.2, 0.25) is 0 Å². The van der Waals surface area contributed by atoms with Gasteiger partial charge in [-0.05, 0) is 11.5 Å². The molecule has 4 nitrogen and oxygen atoms in total. The van der Waals surface area contributed by atoms with E-state index in [9.17, 15) is 14.4 Å². The molecule has 1 saturated carbocycles. The maximum Gasteiger partial charge on any atom is 0.176 e. The van der Waals surface area contributed by atoms with E-state index in [-0.39, 0.29) is 24.1 Å². The lowest BCUT2D eigenvalue weighted by molar-refractivity contribution is -0.145. The minimum Gasteiger partial charge on any atom is -0.369 e. The van der Waals surface area contributed by atoms with E-state index in [1.165, 1.54) is 0 Å². The summed E-state index contributed by atoms with van der Waals surface area (Å²) in [6.07, 6.45) is 0.613. The first-order valence-electron chi connectivity index (χ1n) is 6.77. The van der Waals surface area contributed by atoms with Crippen molar-refractivity contribution >= 4 is 17.3 Å². The van der Waals surface area contributed by atoms with Crippen LogP contribution in [0.3, 0.4) is 0 Å². The zero-order valence-corrected chi connectivity index (χ0v) is 11.5.